The number of aliphatic carboxylic acids is 1. The second kappa shape index (κ2) is 7.85. The molecule has 112 valence electrons. The number of carboxylic acids is 1. The molecule has 3 unspecified atom stereocenters. The van der Waals surface area contributed by atoms with Gasteiger partial charge in [0, 0.05) is 32.2 Å². The highest BCUT2D eigenvalue weighted by Crippen LogP contribution is 2.19. The fraction of sp³-hybridized carbons (Fsp3) is 0.933. The second-order valence-electron chi connectivity index (χ2n) is 5.90. The van der Waals surface area contributed by atoms with E-state index >= 15 is 0 Å². The van der Waals surface area contributed by atoms with Crippen LogP contribution in [0.5, 0.6) is 0 Å². The van der Waals surface area contributed by atoms with Crippen LogP contribution in [-0.4, -0.2) is 59.1 Å². The zero-order chi connectivity index (χ0) is 14.4. The van der Waals surface area contributed by atoms with Crippen LogP contribution in [0.3, 0.4) is 0 Å². The topological polar surface area (TPSA) is 43.8 Å². The summed E-state index contributed by atoms with van der Waals surface area (Å²) < 4.78 is 0. The standard InChI is InChI=1S/C15H30N2O2/c1-5-12(3)11-14(6-2)17-9-7-16(8-10-17)13(4)15(18)19/h12-14H,5-11H2,1-4H3,(H,18,19). The first-order valence-electron chi connectivity index (χ1n) is 7.70. The van der Waals surface area contributed by atoms with E-state index in [0.717, 1.165) is 32.1 Å². The third-order valence-corrected chi connectivity index (χ3v) is 4.61. The van der Waals surface area contributed by atoms with Gasteiger partial charge in [-0.05, 0) is 25.7 Å². The fourth-order valence-electron chi connectivity index (χ4n) is 2.85. The van der Waals surface area contributed by atoms with E-state index in [1.165, 1.54) is 19.3 Å². The molecule has 1 saturated heterocycles. The van der Waals surface area contributed by atoms with Gasteiger partial charge in [-0.25, -0.2) is 0 Å². The minimum Gasteiger partial charge on any atom is -0.480 e. The largest absolute Gasteiger partial charge is 0.480 e. The molecule has 1 aliphatic heterocycles. The number of hydrogen-bond donors (Lipinski definition) is 1. The van der Waals surface area contributed by atoms with Crippen molar-refractivity contribution < 1.29 is 9.90 Å². The van der Waals surface area contributed by atoms with Crippen molar-refractivity contribution in [3.63, 3.8) is 0 Å². The highest BCUT2D eigenvalue weighted by atomic mass is 16.4. The summed E-state index contributed by atoms with van der Waals surface area (Å²) in [5.74, 6) is 0.0704. The lowest BCUT2D eigenvalue weighted by molar-refractivity contribution is -0.143. The Labute approximate surface area is 117 Å². The molecule has 1 aliphatic rings. The summed E-state index contributed by atoms with van der Waals surface area (Å²) in [5.41, 5.74) is 0. The number of nitrogens with zero attached hydrogens (tertiary/aromatic N) is 2. The van der Waals surface area contributed by atoms with Crippen LogP contribution >= 0.6 is 0 Å². The lowest BCUT2D eigenvalue weighted by Crippen LogP contribution is -2.54. The Kier molecular flexibility index (Phi) is 6.80. The quantitative estimate of drug-likeness (QED) is 0.771. The summed E-state index contributed by atoms with van der Waals surface area (Å²) in [4.78, 5) is 15.6. The van der Waals surface area contributed by atoms with E-state index in [0.29, 0.717) is 6.04 Å². The van der Waals surface area contributed by atoms with Crippen LogP contribution < -0.4 is 0 Å². The maximum Gasteiger partial charge on any atom is 0.320 e. The molecule has 4 heteroatoms. The smallest absolute Gasteiger partial charge is 0.320 e. The number of carboxylic acid groups (broad SMARTS) is 1. The molecule has 0 spiro atoms. The number of piperazine rings is 1. The van der Waals surface area contributed by atoms with E-state index < -0.39 is 5.97 Å². The molecule has 0 radical (unpaired) electrons. The molecule has 1 fully saturated rings. The Bertz CT molecular complexity index is 275. The Morgan fingerprint density at radius 3 is 2.00 bits per heavy atom. The molecule has 0 aromatic carbocycles. The van der Waals surface area contributed by atoms with Crippen molar-refractivity contribution in [1.29, 1.82) is 0 Å². The monoisotopic (exact) mass is 270 g/mol. The molecule has 0 bridgehead atoms. The van der Waals surface area contributed by atoms with Gasteiger partial charge in [-0.3, -0.25) is 14.6 Å². The predicted molar refractivity (Wildman–Crippen MR) is 78.4 cm³/mol. The maximum absolute atomic E-state index is 11.0. The van der Waals surface area contributed by atoms with Crippen LogP contribution in [0.2, 0.25) is 0 Å². The van der Waals surface area contributed by atoms with E-state index in [9.17, 15) is 4.79 Å². The Morgan fingerprint density at radius 1 is 1.05 bits per heavy atom. The number of rotatable bonds is 7. The zero-order valence-electron chi connectivity index (χ0n) is 12.9. The van der Waals surface area contributed by atoms with Crippen molar-refractivity contribution in [2.24, 2.45) is 5.92 Å². The first-order chi connectivity index (χ1) is 8.99. The van der Waals surface area contributed by atoms with Crippen LogP contribution in [0.25, 0.3) is 0 Å². The third kappa shape index (κ3) is 4.77. The van der Waals surface area contributed by atoms with Crippen molar-refractivity contribution in [2.75, 3.05) is 26.2 Å². The molecule has 1 heterocycles. The van der Waals surface area contributed by atoms with Crippen molar-refractivity contribution in [3.05, 3.63) is 0 Å². The molecule has 0 aliphatic carbocycles. The SMILES string of the molecule is CCC(C)CC(CC)N1CCN(C(C)C(=O)O)CC1. The lowest BCUT2D eigenvalue weighted by atomic mass is 9.96. The molecule has 3 atom stereocenters. The van der Waals surface area contributed by atoms with Crippen LogP contribution in [0.15, 0.2) is 0 Å². The van der Waals surface area contributed by atoms with Gasteiger partial charge in [-0.1, -0.05) is 27.2 Å². The van der Waals surface area contributed by atoms with Crippen molar-refractivity contribution in [3.8, 4) is 0 Å². The molecule has 4 nitrogen and oxygen atoms in total. The average Bonchev–Trinajstić information content (AvgIpc) is 2.43. The molecule has 0 saturated carbocycles. The van der Waals surface area contributed by atoms with Gasteiger partial charge in [0.15, 0.2) is 0 Å². The number of carbonyl (C=O) groups is 1. The van der Waals surface area contributed by atoms with Gasteiger partial charge in [0.05, 0.1) is 0 Å². The Morgan fingerprint density at radius 2 is 1.58 bits per heavy atom. The van der Waals surface area contributed by atoms with E-state index in [1.54, 1.807) is 6.92 Å². The first-order valence-corrected chi connectivity index (χ1v) is 7.70. The van der Waals surface area contributed by atoms with E-state index in [4.69, 9.17) is 5.11 Å². The molecule has 0 amide bonds. The normalized spacial score (nSPS) is 22.9. The zero-order valence-corrected chi connectivity index (χ0v) is 12.9. The maximum atomic E-state index is 11.0. The van der Waals surface area contributed by atoms with Crippen molar-refractivity contribution in [2.45, 2.75) is 59.0 Å². The van der Waals surface area contributed by atoms with Gasteiger partial charge in [0.1, 0.15) is 6.04 Å². The molecule has 1 N–H and O–H groups in total. The predicted octanol–water partition coefficient (Wildman–Crippen LogP) is 2.29. The summed E-state index contributed by atoms with van der Waals surface area (Å²) in [6.07, 6.45) is 3.70. The highest BCUT2D eigenvalue weighted by Gasteiger charge is 2.28. The van der Waals surface area contributed by atoms with E-state index in [2.05, 4.69) is 30.6 Å². The average molecular weight is 270 g/mol. The third-order valence-electron chi connectivity index (χ3n) is 4.61. The Hall–Kier alpha value is -0.610. The summed E-state index contributed by atoms with van der Waals surface area (Å²) in [6, 6.07) is 0.314. The molecule has 19 heavy (non-hydrogen) atoms. The second-order valence-corrected chi connectivity index (χ2v) is 5.90. The minimum atomic E-state index is -0.708. The summed E-state index contributed by atoms with van der Waals surface area (Å²) in [5, 5.41) is 9.05. The molecular formula is C15H30N2O2. The molecule has 0 aromatic rings. The van der Waals surface area contributed by atoms with Gasteiger partial charge in [0.25, 0.3) is 0 Å². The summed E-state index contributed by atoms with van der Waals surface area (Å²) in [7, 11) is 0. The van der Waals surface area contributed by atoms with Crippen LogP contribution in [0.4, 0.5) is 0 Å². The molecule has 0 aromatic heterocycles. The fourth-order valence-corrected chi connectivity index (χ4v) is 2.85. The van der Waals surface area contributed by atoms with Crippen LogP contribution in [-0.2, 0) is 4.79 Å². The van der Waals surface area contributed by atoms with Gasteiger partial charge >= 0.3 is 5.97 Å². The molecular weight excluding hydrogens is 240 g/mol. The number of hydrogen-bond acceptors (Lipinski definition) is 3. The van der Waals surface area contributed by atoms with Gasteiger partial charge < -0.3 is 5.11 Å². The van der Waals surface area contributed by atoms with Crippen LogP contribution in [0, 0.1) is 5.92 Å². The summed E-state index contributed by atoms with van der Waals surface area (Å²) >= 11 is 0. The summed E-state index contributed by atoms with van der Waals surface area (Å²) in [6.45, 7) is 12.4. The van der Waals surface area contributed by atoms with Crippen molar-refractivity contribution in [1.82, 2.24) is 9.80 Å². The van der Waals surface area contributed by atoms with Gasteiger partial charge in [-0.15, -0.1) is 0 Å². The van der Waals surface area contributed by atoms with Gasteiger partial charge in [0.2, 0.25) is 0 Å². The van der Waals surface area contributed by atoms with Crippen molar-refractivity contribution >= 4 is 5.97 Å². The molecule has 1 rings (SSSR count). The highest BCUT2D eigenvalue weighted by molar-refractivity contribution is 5.72. The van der Waals surface area contributed by atoms with E-state index in [1.807, 2.05) is 0 Å². The first kappa shape index (κ1) is 16.4. The van der Waals surface area contributed by atoms with Crippen LogP contribution in [0.1, 0.15) is 47.0 Å². The minimum absolute atomic E-state index is 0.350. The Balaban J connectivity index is 2.45. The lowest BCUT2D eigenvalue weighted by Gasteiger charge is -2.41. The van der Waals surface area contributed by atoms with Gasteiger partial charge in [-0.2, -0.15) is 0 Å². The van der Waals surface area contributed by atoms with E-state index in [-0.39, 0.29) is 6.04 Å².